The van der Waals surface area contributed by atoms with Crippen molar-refractivity contribution in [2.45, 2.75) is 6.92 Å². The van der Waals surface area contributed by atoms with Gasteiger partial charge in [0.15, 0.2) is 12.4 Å². The molecule has 0 aliphatic rings. The van der Waals surface area contributed by atoms with E-state index in [1.165, 1.54) is 6.92 Å². The third-order valence-electron chi connectivity index (χ3n) is 2.96. The summed E-state index contributed by atoms with van der Waals surface area (Å²) in [5.41, 5.74) is 1.72. The van der Waals surface area contributed by atoms with Crippen LogP contribution in [0.3, 0.4) is 0 Å². The number of nitrogens with one attached hydrogen (secondary N) is 1. The van der Waals surface area contributed by atoms with Crippen molar-refractivity contribution < 1.29 is 19.1 Å². The molecule has 0 bridgehead atoms. The molecule has 22 heavy (non-hydrogen) atoms. The van der Waals surface area contributed by atoms with E-state index in [1.54, 1.807) is 48.5 Å². The summed E-state index contributed by atoms with van der Waals surface area (Å²) in [5, 5.41) is 2.67. The molecule has 2 aromatic rings. The van der Waals surface area contributed by atoms with E-state index in [2.05, 4.69) is 5.32 Å². The molecule has 0 heterocycles. The number of amides is 1. The van der Waals surface area contributed by atoms with Crippen molar-refractivity contribution in [3.05, 3.63) is 59.7 Å². The highest BCUT2D eigenvalue weighted by atomic mass is 16.5. The van der Waals surface area contributed by atoms with Crippen LogP contribution in [0, 0.1) is 0 Å². The van der Waals surface area contributed by atoms with Crippen LogP contribution in [0.5, 0.6) is 5.75 Å². The van der Waals surface area contributed by atoms with Gasteiger partial charge in [-0.3, -0.25) is 14.4 Å². The molecule has 0 saturated carbocycles. The number of hydrogen-bond acceptors (Lipinski definition) is 4. The predicted molar refractivity (Wildman–Crippen MR) is 82.4 cm³/mol. The quantitative estimate of drug-likeness (QED) is 0.657. The van der Waals surface area contributed by atoms with E-state index in [1.807, 2.05) is 0 Å². The van der Waals surface area contributed by atoms with Crippen molar-refractivity contribution in [2.75, 3.05) is 11.9 Å². The molecular weight excluding hydrogens is 282 g/mol. The minimum Gasteiger partial charge on any atom is -0.484 e. The molecule has 2 rings (SSSR count). The topological polar surface area (TPSA) is 72.5 Å². The number of carbonyl (C=O) groups is 3. The third kappa shape index (κ3) is 4.28. The van der Waals surface area contributed by atoms with Crippen LogP contribution in [0.1, 0.15) is 27.6 Å². The molecule has 0 fully saturated rings. The fourth-order valence-corrected chi connectivity index (χ4v) is 1.78. The van der Waals surface area contributed by atoms with Crippen LogP contribution in [-0.4, -0.2) is 24.6 Å². The second-order valence-electron chi connectivity index (χ2n) is 4.66. The molecule has 5 heteroatoms. The number of benzene rings is 2. The van der Waals surface area contributed by atoms with Gasteiger partial charge in [-0.15, -0.1) is 0 Å². The number of ether oxygens (including phenoxy) is 1. The zero-order chi connectivity index (χ0) is 15.9. The Balaban J connectivity index is 1.86. The van der Waals surface area contributed by atoms with Crippen molar-refractivity contribution in [3.63, 3.8) is 0 Å². The van der Waals surface area contributed by atoms with Crippen LogP contribution in [0.15, 0.2) is 48.5 Å². The fraction of sp³-hybridized carbons (Fsp3) is 0.118. The molecular formula is C17H15NO4. The first kappa shape index (κ1) is 15.4. The van der Waals surface area contributed by atoms with E-state index >= 15 is 0 Å². The minimum absolute atomic E-state index is 0.0278. The second kappa shape index (κ2) is 7.17. The molecule has 0 aromatic heterocycles. The van der Waals surface area contributed by atoms with Crippen molar-refractivity contribution in [1.29, 1.82) is 0 Å². The lowest BCUT2D eigenvalue weighted by Gasteiger charge is -2.08. The molecule has 0 aliphatic carbocycles. The molecule has 0 aliphatic heterocycles. The molecule has 0 saturated heterocycles. The van der Waals surface area contributed by atoms with E-state index in [9.17, 15) is 14.4 Å². The van der Waals surface area contributed by atoms with E-state index in [0.717, 1.165) is 6.29 Å². The first-order valence-electron chi connectivity index (χ1n) is 6.67. The molecule has 0 unspecified atom stereocenters. The van der Waals surface area contributed by atoms with Gasteiger partial charge in [-0.1, -0.05) is 0 Å². The summed E-state index contributed by atoms with van der Waals surface area (Å²) >= 11 is 0. The smallest absolute Gasteiger partial charge is 0.262 e. The Labute approximate surface area is 127 Å². The number of rotatable bonds is 6. The third-order valence-corrected chi connectivity index (χ3v) is 2.96. The summed E-state index contributed by atoms with van der Waals surface area (Å²) < 4.78 is 5.32. The summed E-state index contributed by atoms with van der Waals surface area (Å²) in [6.45, 7) is 1.34. The Hall–Kier alpha value is -2.95. The zero-order valence-electron chi connectivity index (χ0n) is 12.0. The first-order chi connectivity index (χ1) is 10.6. The van der Waals surface area contributed by atoms with Gasteiger partial charge in [-0.25, -0.2) is 0 Å². The Morgan fingerprint density at radius 2 is 1.68 bits per heavy atom. The first-order valence-corrected chi connectivity index (χ1v) is 6.67. The van der Waals surface area contributed by atoms with Crippen molar-refractivity contribution in [1.82, 2.24) is 0 Å². The highest BCUT2D eigenvalue weighted by Gasteiger charge is 2.05. The molecule has 2 aromatic carbocycles. The molecule has 0 atom stereocenters. The van der Waals surface area contributed by atoms with Gasteiger partial charge in [0.05, 0.1) is 0 Å². The van der Waals surface area contributed by atoms with Crippen LogP contribution in [-0.2, 0) is 4.79 Å². The van der Waals surface area contributed by atoms with Gasteiger partial charge in [0.2, 0.25) is 0 Å². The highest BCUT2D eigenvalue weighted by molar-refractivity contribution is 5.95. The second-order valence-corrected chi connectivity index (χ2v) is 4.66. The van der Waals surface area contributed by atoms with Gasteiger partial charge in [0.1, 0.15) is 12.0 Å². The lowest BCUT2D eigenvalue weighted by atomic mass is 10.1. The van der Waals surface area contributed by atoms with Gasteiger partial charge in [0, 0.05) is 16.8 Å². The lowest BCUT2D eigenvalue weighted by molar-refractivity contribution is -0.118. The fourth-order valence-electron chi connectivity index (χ4n) is 1.78. The molecule has 1 amide bonds. The minimum atomic E-state index is -0.310. The van der Waals surface area contributed by atoms with E-state index in [0.29, 0.717) is 22.6 Å². The van der Waals surface area contributed by atoms with Crippen LogP contribution < -0.4 is 10.1 Å². The normalized spacial score (nSPS) is 9.86. The van der Waals surface area contributed by atoms with Gasteiger partial charge < -0.3 is 10.1 Å². The summed E-state index contributed by atoms with van der Waals surface area (Å²) in [5.74, 6) is 0.169. The van der Waals surface area contributed by atoms with Crippen LogP contribution in [0.2, 0.25) is 0 Å². The van der Waals surface area contributed by atoms with Gasteiger partial charge >= 0.3 is 0 Å². The Morgan fingerprint density at radius 3 is 2.23 bits per heavy atom. The van der Waals surface area contributed by atoms with Crippen LogP contribution in [0.25, 0.3) is 0 Å². The zero-order valence-corrected chi connectivity index (χ0v) is 12.0. The van der Waals surface area contributed by atoms with E-state index in [4.69, 9.17) is 4.74 Å². The average molecular weight is 297 g/mol. The summed E-state index contributed by atoms with van der Waals surface area (Å²) in [6, 6.07) is 13.1. The summed E-state index contributed by atoms with van der Waals surface area (Å²) in [4.78, 5) is 33.5. The SMILES string of the molecule is CC(=O)c1ccc(NC(=O)COc2ccc(C=O)cc2)cc1. The number of ketones is 1. The molecule has 1 N–H and O–H groups in total. The van der Waals surface area contributed by atoms with Gasteiger partial charge in [-0.2, -0.15) is 0 Å². The van der Waals surface area contributed by atoms with E-state index < -0.39 is 0 Å². The molecule has 0 radical (unpaired) electrons. The maximum absolute atomic E-state index is 11.8. The van der Waals surface area contributed by atoms with Crippen LogP contribution >= 0.6 is 0 Å². The maximum Gasteiger partial charge on any atom is 0.262 e. The summed E-state index contributed by atoms with van der Waals surface area (Å²) in [6.07, 6.45) is 0.737. The number of aldehydes is 1. The average Bonchev–Trinajstić information content (AvgIpc) is 2.54. The van der Waals surface area contributed by atoms with Gasteiger partial charge in [-0.05, 0) is 55.5 Å². The largest absolute Gasteiger partial charge is 0.484 e. The Bertz CT molecular complexity index is 675. The van der Waals surface area contributed by atoms with Crippen molar-refractivity contribution in [3.8, 4) is 5.75 Å². The molecule has 0 spiro atoms. The standard InChI is InChI=1S/C17H15NO4/c1-12(20)14-4-6-15(7-5-14)18-17(21)11-22-16-8-2-13(10-19)3-9-16/h2-10H,11H2,1H3,(H,18,21). The van der Waals surface area contributed by atoms with E-state index in [-0.39, 0.29) is 18.3 Å². The molecule has 5 nitrogen and oxygen atoms in total. The molecule has 112 valence electrons. The Kier molecular flexibility index (Phi) is 5.03. The lowest BCUT2D eigenvalue weighted by Crippen LogP contribution is -2.20. The highest BCUT2D eigenvalue weighted by Crippen LogP contribution is 2.12. The predicted octanol–water partition coefficient (Wildman–Crippen LogP) is 2.72. The van der Waals surface area contributed by atoms with Crippen LogP contribution in [0.4, 0.5) is 5.69 Å². The number of Topliss-reactive ketones (excluding diaryl/α,β-unsaturated/α-hetero) is 1. The number of anilines is 1. The number of carbonyl (C=O) groups excluding carboxylic acids is 3. The number of hydrogen-bond donors (Lipinski definition) is 1. The van der Waals surface area contributed by atoms with Crippen molar-refractivity contribution in [2.24, 2.45) is 0 Å². The van der Waals surface area contributed by atoms with Crippen molar-refractivity contribution >= 4 is 23.7 Å². The monoisotopic (exact) mass is 297 g/mol. The Morgan fingerprint density at radius 1 is 1.05 bits per heavy atom. The maximum atomic E-state index is 11.8. The summed E-state index contributed by atoms with van der Waals surface area (Å²) in [7, 11) is 0. The van der Waals surface area contributed by atoms with Gasteiger partial charge in [0.25, 0.3) is 5.91 Å².